The number of piperazine rings is 1. The van der Waals surface area contributed by atoms with Crippen LogP contribution in [0.4, 0.5) is 0 Å². The Bertz CT molecular complexity index is 392. The average molecular weight is 266 g/mol. The minimum Gasteiger partial charge on any atom is -0.468 e. The van der Waals surface area contributed by atoms with Gasteiger partial charge in [0.2, 0.25) is 5.91 Å². The molecule has 5 heteroatoms. The molecule has 3 aliphatic rings. The Hall–Kier alpha value is -1.10. The van der Waals surface area contributed by atoms with E-state index in [0.717, 1.165) is 26.2 Å². The third-order valence-electron chi connectivity index (χ3n) is 4.86. The van der Waals surface area contributed by atoms with Gasteiger partial charge in [-0.05, 0) is 32.2 Å². The quantitative estimate of drug-likeness (QED) is 0.543. The molecule has 2 saturated heterocycles. The molecule has 5 nitrogen and oxygen atoms in total. The van der Waals surface area contributed by atoms with Crippen molar-refractivity contribution in [3.8, 4) is 0 Å². The maximum atomic E-state index is 12.6. The number of nitrogens with zero attached hydrogens (tertiary/aromatic N) is 2. The maximum absolute atomic E-state index is 12.6. The molecule has 2 aliphatic heterocycles. The number of carbonyl (C=O) groups excluding carboxylic acids is 2. The van der Waals surface area contributed by atoms with E-state index in [0.29, 0.717) is 18.9 Å². The number of esters is 1. The molecule has 2 heterocycles. The van der Waals surface area contributed by atoms with E-state index >= 15 is 0 Å². The van der Waals surface area contributed by atoms with E-state index in [1.54, 1.807) is 0 Å². The number of rotatable bonds is 2. The second-order valence-electron chi connectivity index (χ2n) is 6.01. The molecule has 0 aromatic rings. The van der Waals surface area contributed by atoms with Crippen LogP contribution >= 0.6 is 0 Å². The van der Waals surface area contributed by atoms with Gasteiger partial charge in [-0.1, -0.05) is 6.42 Å². The summed E-state index contributed by atoms with van der Waals surface area (Å²) in [6.45, 7) is 3.66. The number of hydrogen-bond acceptors (Lipinski definition) is 4. The van der Waals surface area contributed by atoms with Crippen LogP contribution in [-0.2, 0) is 14.3 Å². The van der Waals surface area contributed by atoms with Crippen molar-refractivity contribution >= 4 is 11.9 Å². The lowest BCUT2D eigenvalue weighted by Crippen LogP contribution is -2.58. The molecule has 1 aliphatic carbocycles. The van der Waals surface area contributed by atoms with Crippen molar-refractivity contribution in [2.45, 2.75) is 38.1 Å². The fourth-order valence-electron chi connectivity index (χ4n) is 3.47. The Balaban J connectivity index is 1.67. The summed E-state index contributed by atoms with van der Waals surface area (Å²) in [5.41, 5.74) is -0.828. The molecule has 3 fully saturated rings. The van der Waals surface area contributed by atoms with Crippen molar-refractivity contribution in [1.82, 2.24) is 9.80 Å². The van der Waals surface area contributed by atoms with Crippen molar-refractivity contribution in [3.05, 3.63) is 0 Å². The first-order valence-corrected chi connectivity index (χ1v) is 7.29. The van der Waals surface area contributed by atoms with E-state index in [-0.39, 0.29) is 11.9 Å². The van der Waals surface area contributed by atoms with Crippen molar-refractivity contribution in [2.24, 2.45) is 5.41 Å². The molecule has 19 heavy (non-hydrogen) atoms. The topological polar surface area (TPSA) is 49.9 Å². The Labute approximate surface area is 113 Å². The molecule has 0 spiro atoms. The summed E-state index contributed by atoms with van der Waals surface area (Å²) in [6, 6.07) is 0.500. The molecular weight excluding hydrogens is 244 g/mol. The van der Waals surface area contributed by atoms with Crippen LogP contribution in [0.1, 0.15) is 32.1 Å². The van der Waals surface area contributed by atoms with Gasteiger partial charge in [0.1, 0.15) is 5.41 Å². The first kappa shape index (κ1) is 12.9. The van der Waals surface area contributed by atoms with Crippen LogP contribution in [-0.4, -0.2) is 61.0 Å². The number of amides is 1. The standard InChI is InChI=1S/C14H22N2O3/c1-19-13(18)14(5-6-14)12(17)16-9-8-15-7-3-2-4-11(15)10-16/h11H,2-10H2,1H3. The number of carbonyl (C=O) groups is 2. The molecule has 1 unspecified atom stereocenters. The molecule has 0 radical (unpaired) electrons. The minimum atomic E-state index is -0.828. The summed E-state index contributed by atoms with van der Waals surface area (Å²) >= 11 is 0. The zero-order chi connectivity index (χ0) is 13.5. The zero-order valence-electron chi connectivity index (χ0n) is 11.6. The van der Waals surface area contributed by atoms with Crippen molar-refractivity contribution in [3.63, 3.8) is 0 Å². The second-order valence-corrected chi connectivity index (χ2v) is 6.01. The summed E-state index contributed by atoms with van der Waals surface area (Å²) in [5, 5.41) is 0. The van der Waals surface area contributed by atoms with Crippen LogP contribution in [0.15, 0.2) is 0 Å². The molecule has 3 rings (SSSR count). The van der Waals surface area contributed by atoms with Gasteiger partial charge in [-0.2, -0.15) is 0 Å². The van der Waals surface area contributed by atoms with Gasteiger partial charge >= 0.3 is 5.97 Å². The zero-order valence-corrected chi connectivity index (χ0v) is 11.6. The van der Waals surface area contributed by atoms with E-state index in [2.05, 4.69) is 4.90 Å². The highest BCUT2D eigenvalue weighted by atomic mass is 16.5. The summed E-state index contributed by atoms with van der Waals surface area (Å²) in [7, 11) is 1.37. The molecule has 1 amide bonds. The number of ether oxygens (including phenoxy) is 1. The highest BCUT2D eigenvalue weighted by Gasteiger charge is 2.59. The monoisotopic (exact) mass is 266 g/mol. The van der Waals surface area contributed by atoms with Crippen LogP contribution in [0.25, 0.3) is 0 Å². The maximum Gasteiger partial charge on any atom is 0.321 e. The second kappa shape index (κ2) is 4.78. The van der Waals surface area contributed by atoms with E-state index in [1.165, 1.54) is 26.4 Å². The largest absolute Gasteiger partial charge is 0.468 e. The number of methoxy groups -OCH3 is 1. The Morgan fingerprint density at radius 2 is 1.95 bits per heavy atom. The number of piperidine rings is 1. The highest BCUT2D eigenvalue weighted by molar-refractivity contribution is 6.05. The van der Waals surface area contributed by atoms with Crippen LogP contribution < -0.4 is 0 Å². The predicted octanol–water partition coefficient (Wildman–Crippen LogP) is 0.636. The lowest BCUT2D eigenvalue weighted by atomic mass is 9.97. The third kappa shape index (κ3) is 2.14. The summed E-state index contributed by atoms with van der Waals surface area (Å²) in [4.78, 5) is 28.7. The van der Waals surface area contributed by atoms with Crippen molar-refractivity contribution < 1.29 is 14.3 Å². The fourth-order valence-corrected chi connectivity index (χ4v) is 3.47. The molecule has 1 saturated carbocycles. The predicted molar refractivity (Wildman–Crippen MR) is 69.5 cm³/mol. The smallest absolute Gasteiger partial charge is 0.321 e. The van der Waals surface area contributed by atoms with Gasteiger partial charge in [-0.3, -0.25) is 14.5 Å². The molecule has 1 atom stereocenters. The van der Waals surface area contributed by atoms with Crippen LogP contribution in [0.3, 0.4) is 0 Å². The molecule has 106 valence electrons. The summed E-state index contributed by atoms with van der Waals surface area (Å²) in [6.07, 6.45) is 5.02. The minimum absolute atomic E-state index is 0.00423. The molecule has 0 N–H and O–H groups in total. The van der Waals surface area contributed by atoms with Crippen LogP contribution in [0, 0.1) is 5.41 Å². The van der Waals surface area contributed by atoms with E-state index < -0.39 is 5.41 Å². The average Bonchev–Trinajstić information content (AvgIpc) is 3.26. The van der Waals surface area contributed by atoms with Crippen molar-refractivity contribution in [1.29, 1.82) is 0 Å². The lowest BCUT2D eigenvalue weighted by molar-refractivity contribution is -0.157. The first-order valence-electron chi connectivity index (χ1n) is 7.29. The molecular formula is C14H22N2O3. The molecule has 0 aromatic heterocycles. The normalized spacial score (nSPS) is 29.5. The highest BCUT2D eigenvalue weighted by Crippen LogP contribution is 2.48. The van der Waals surface area contributed by atoms with Gasteiger partial charge in [-0.25, -0.2) is 0 Å². The lowest BCUT2D eigenvalue weighted by Gasteiger charge is -2.44. The van der Waals surface area contributed by atoms with Gasteiger partial charge < -0.3 is 9.64 Å². The van der Waals surface area contributed by atoms with Gasteiger partial charge in [0, 0.05) is 25.7 Å². The van der Waals surface area contributed by atoms with E-state index in [9.17, 15) is 9.59 Å². The summed E-state index contributed by atoms with van der Waals surface area (Å²) < 4.78 is 4.80. The van der Waals surface area contributed by atoms with Gasteiger partial charge in [0.25, 0.3) is 0 Å². The van der Waals surface area contributed by atoms with E-state index in [4.69, 9.17) is 4.74 Å². The van der Waals surface area contributed by atoms with Crippen LogP contribution in [0.2, 0.25) is 0 Å². The first-order chi connectivity index (χ1) is 9.17. The summed E-state index contributed by atoms with van der Waals surface area (Å²) in [5.74, 6) is -0.340. The van der Waals surface area contributed by atoms with E-state index in [1.807, 2.05) is 4.90 Å². The Kier molecular flexibility index (Phi) is 3.25. The number of fused-ring (bicyclic) bond motifs is 1. The van der Waals surface area contributed by atoms with Crippen molar-refractivity contribution in [2.75, 3.05) is 33.3 Å². The molecule has 0 bridgehead atoms. The van der Waals surface area contributed by atoms with Gasteiger partial charge in [0.15, 0.2) is 0 Å². The van der Waals surface area contributed by atoms with Gasteiger partial charge in [-0.15, -0.1) is 0 Å². The number of hydrogen-bond donors (Lipinski definition) is 0. The molecule has 0 aromatic carbocycles. The Morgan fingerprint density at radius 1 is 1.16 bits per heavy atom. The fraction of sp³-hybridized carbons (Fsp3) is 0.857. The van der Waals surface area contributed by atoms with Gasteiger partial charge in [0.05, 0.1) is 7.11 Å². The third-order valence-corrected chi connectivity index (χ3v) is 4.86. The SMILES string of the molecule is COC(=O)C1(C(=O)N2CCN3CCCCC3C2)CC1. The van der Waals surface area contributed by atoms with Crippen LogP contribution in [0.5, 0.6) is 0 Å². The Morgan fingerprint density at radius 3 is 2.63 bits per heavy atom.